The molecule has 0 atom stereocenters. The molecule has 0 aliphatic heterocycles. The van der Waals surface area contributed by atoms with Crippen molar-refractivity contribution in [3.63, 3.8) is 0 Å². The van der Waals surface area contributed by atoms with Gasteiger partial charge in [0.15, 0.2) is 6.19 Å². The summed E-state index contributed by atoms with van der Waals surface area (Å²) in [4.78, 5) is 12.3. The van der Waals surface area contributed by atoms with Crippen molar-refractivity contribution in [2.24, 2.45) is 4.99 Å². The molecule has 7 heteroatoms. The molecule has 0 saturated carbocycles. The topological polar surface area (TPSA) is 86.0 Å². The first kappa shape index (κ1) is 14.3. The number of nitrogens with zero attached hydrogens (tertiary/aromatic N) is 4. The molecule has 0 unspecified atom stereocenters. The molecule has 0 aliphatic carbocycles. The van der Waals surface area contributed by atoms with E-state index in [1.165, 1.54) is 0 Å². The lowest BCUT2D eigenvalue weighted by molar-refractivity contribution is 0.929. The summed E-state index contributed by atoms with van der Waals surface area (Å²) in [6.45, 7) is 2.70. The van der Waals surface area contributed by atoms with Crippen LogP contribution < -0.4 is 10.6 Å². The second kappa shape index (κ2) is 8.31. The van der Waals surface area contributed by atoms with E-state index in [9.17, 15) is 0 Å². The summed E-state index contributed by atoms with van der Waals surface area (Å²) in [5.74, 6) is 2.24. The van der Waals surface area contributed by atoms with E-state index in [1.54, 1.807) is 31.2 Å². The van der Waals surface area contributed by atoms with E-state index in [0.29, 0.717) is 5.96 Å². The van der Waals surface area contributed by atoms with Gasteiger partial charge in [0, 0.05) is 37.5 Å². The van der Waals surface area contributed by atoms with Crippen LogP contribution in [-0.2, 0) is 5.75 Å². The van der Waals surface area contributed by atoms with Crippen LogP contribution in [-0.4, -0.2) is 35.3 Å². The van der Waals surface area contributed by atoms with Crippen molar-refractivity contribution >= 4 is 17.7 Å². The van der Waals surface area contributed by atoms with Gasteiger partial charge >= 0.3 is 0 Å². The third-order valence-electron chi connectivity index (χ3n) is 2.16. The van der Waals surface area contributed by atoms with Gasteiger partial charge in [-0.25, -0.2) is 0 Å². The van der Waals surface area contributed by atoms with Crippen molar-refractivity contribution in [3.8, 4) is 6.19 Å². The van der Waals surface area contributed by atoms with Gasteiger partial charge < -0.3 is 5.32 Å². The van der Waals surface area contributed by atoms with Crippen LogP contribution in [0.2, 0.25) is 0 Å². The Balaban J connectivity index is 2.20. The Kier molecular flexibility index (Phi) is 6.58. The Hall–Kier alpha value is -1.81. The van der Waals surface area contributed by atoms with Crippen LogP contribution in [0.1, 0.15) is 11.4 Å². The molecule has 96 valence electrons. The van der Waals surface area contributed by atoms with Crippen molar-refractivity contribution in [2.45, 2.75) is 12.7 Å². The Morgan fingerprint density at radius 2 is 2.28 bits per heavy atom. The van der Waals surface area contributed by atoms with Gasteiger partial charge in [-0.15, -0.1) is 0 Å². The van der Waals surface area contributed by atoms with Crippen molar-refractivity contribution in [2.75, 3.05) is 19.3 Å². The SMILES string of the molecule is CN=C(NC#N)NCCSCc1nccnc1C. The van der Waals surface area contributed by atoms with Gasteiger partial charge in [0.05, 0.1) is 11.4 Å². The predicted octanol–water partition coefficient (Wildman–Crippen LogP) is 0.664. The molecule has 0 aromatic carbocycles. The van der Waals surface area contributed by atoms with E-state index in [1.807, 2.05) is 13.1 Å². The summed E-state index contributed by atoms with van der Waals surface area (Å²) in [6.07, 6.45) is 5.23. The van der Waals surface area contributed by atoms with E-state index in [0.717, 1.165) is 29.4 Å². The number of rotatable bonds is 5. The van der Waals surface area contributed by atoms with Crippen LogP contribution in [0.4, 0.5) is 0 Å². The molecule has 1 rings (SSSR count). The molecule has 18 heavy (non-hydrogen) atoms. The number of nitriles is 1. The maximum Gasteiger partial charge on any atom is 0.204 e. The lowest BCUT2D eigenvalue weighted by Gasteiger charge is -2.07. The maximum atomic E-state index is 8.45. The lowest BCUT2D eigenvalue weighted by Crippen LogP contribution is -2.35. The van der Waals surface area contributed by atoms with Gasteiger partial charge in [0.2, 0.25) is 5.96 Å². The average Bonchev–Trinajstić information content (AvgIpc) is 2.39. The van der Waals surface area contributed by atoms with E-state index >= 15 is 0 Å². The molecule has 0 saturated heterocycles. The van der Waals surface area contributed by atoms with E-state index in [2.05, 4.69) is 25.6 Å². The van der Waals surface area contributed by atoms with Crippen LogP contribution in [0, 0.1) is 18.4 Å². The Labute approximate surface area is 111 Å². The zero-order valence-corrected chi connectivity index (χ0v) is 11.3. The Bertz CT molecular complexity index is 439. The van der Waals surface area contributed by atoms with E-state index in [4.69, 9.17) is 5.26 Å². The molecule has 0 bridgehead atoms. The standard InChI is InChI=1S/C11H16N6S/c1-9-10(15-4-3-14-9)7-18-6-5-16-11(13-2)17-8-12/h3-4H,5-7H2,1-2H3,(H2,13,16,17). The van der Waals surface area contributed by atoms with Crippen molar-refractivity contribution < 1.29 is 0 Å². The summed E-state index contributed by atoms with van der Waals surface area (Å²) in [7, 11) is 1.63. The van der Waals surface area contributed by atoms with Gasteiger partial charge in [-0.3, -0.25) is 20.3 Å². The highest BCUT2D eigenvalue weighted by molar-refractivity contribution is 7.98. The summed E-state index contributed by atoms with van der Waals surface area (Å²) in [5.41, 5.74) is 1.99. The van der Waals surface area contributed by atoms with E-state index in [-0.39, 0.29) is 0 Å². The first-order chi connectivity index (χ1) is 8.77. The number of hydrogen-bond donors (Lipinski definition) is 2. The molecule has 2 N–H and O–H groups in total. The minimum atomic E-state index is 0.494. The number of thioether (sulfide) groups is 1. The van der Waals surface area contributed by atoms with Crippen molar-refractivity contribution in [1.82, 2.24) is 20.6 Å². The van der Waals surface area contributed by atoms with Gasteiger partial charge in [0.25, 0.3) is 0 Å². The fourth-order valence-electron chi connectivity index (χ4n) is 1.22. The highest BCUT2D eigenvalue weighted by Crippen LogP contribution is 2.10. The van der Waals surface area contributed by atoms with Crippen molar-refractivity contribution in [3.05, 3.63) is 23.8 Å². The first-order valence-corrected chi connectivity index (χ1v) is 6.63. The fraction of sp³-hybridized carbons (Fsp3) is 0.455. The number of aromatic nitrogens is 2. The number of hydrogen-bond acceptors (Lipinski definition) is 5. The van der Waals surface area contributed by atoms with Gasteiger partial charge in [-0.2, -0.15) is 17.0 Å². The predicted molar refractivity (Wildman–Crippen MR) is 73.0 cm³/mol. The average molecular weight is 264 g/mol. The van der Waals surface area contributed by atoms with Gasteiger partial charge in [-0.1, -0.05) is 0 Å². The van der Waals surface area contributed by atoms with Crippen LogP contribution >= 0.6 is 11.8 Å². The molecule has 1 aromatic heterocycles. The minimum absolute atomic E-state index is 0.494. The Morgan fingerprint density at radius 3 is 2.94 bits per heavy atom. The zero-order valence-electron chi connectivity index (χ0n) is 10.5. The number of nitrogens with one attached hydrogen (secondary N) is 2. The summed E-state index contributed by atoms with van der Waals surface area (Å²) in [6, 6.07) is 0. The highest BCUT2D eigenvalue weighted by Gasteiger charge is 2.00. The largest absolute Gasteiger partial charge is 0.355 e. The third-order valence-corrected chi connectivity index (χ3v) is 3.13. The monoisotopic (exact) mass is 264 g/mol. The zero-order chi connectivity index (χ0) is 13.2. The fourth-order valence-corrected chi connectivity index (χ4v) is 2.09. The molecular weight excluding hydrogens is 248 g/mol. The van der Waals surface area contributed by atoms with Crippen LogP contribution in [0.25, 0.3) is 0 Å². The normalized spacial score (nSPS) is 10.8. The molecule has 0 aliphatic rings. The number of aryl methyl sites for hydroxylation is 1. The smallest absolute Gasteiger partial charge is 0.204 e. The second-order valence-electron chi connectivity index (χ2n) is 3.38. The highest BCUT2D eigenvalue weighted by atomic mass is 32.2. The molecule has 1 heterocycles. The van der Waals surface area contributed by atoms with Gasteiger partial charge in [-0.05, 0) is 6.92 Å². The van der Waals surface area contributed by atoms with Crippen LogP contribution in [0.3, 0.4) is 0 Å². The van der Waals surface area contributed by atoms with E-state index < -0.39 is 0 Å². The third kappa shape index (κ3) is 5.01. The molecule has 0 fully saturated rings. The minimum Gasteiger partial charge on any atom is -0.355 e. The molecule has 1 aromatic rings. The van der Waals surface area contributed by atoms with Gasteiger partial charge in [0.1, 0.15) is 0 Å². The van der Waals surface area contributed by atoms with Crippen molar-refractivity contribution in [1.29, 1.82) is 5.26 Å². The summed E-state index contributed by atoms with van der Waals surface area (Å²) >= 11 is 1.76. The summed E-state index contributed by atoms with van der Waals surface area (Å²) < 4.78 is 0. The Morgan fingerprint density at radius 1 is 1.50 bits per heavy atom. The lowest BCUT2D eigenvalue weighted by atomic mass is 10.4. The number of guanidine groups is 1. The van der Waals surface area contributed by atoms with Crippen LogP contribution in [0.15, 0.2) is 17.4 Å². The molecule has 0 spiro atoms. The number of aliphatic imine (C=N–C) groups is 1. The summed E-state index contributed by atoms with van der Waals surface area (Å²) in [5, 5.41) is 13.9. The second-order valence-corrected chi connectivity index (χ2v) is 4.48. The molecule has 0 radical (unpaired) electrons. The quantitative estimate of drug-likeness (QED) is 0.267. The molecule has 6 nitrogen and oxygen atoms in total. The maximum absolute atomic E-state index is 8.45. The first-order valence-electron chi connectivity index (χ1n) is 5.48. The molecule has 0 amide bonds. The van der Waals surface area contributed by atoms with Crippen LogP contribution in [0.5, 0.6) is 0 Å². The molecular formula is C11H16N6S.